The summed E-state index contributed by atoms with van der Waals surface area (Å²) in [5.74, 6) is -5.88. The molecule has 14 nitrogen and oxygen atoms in total. The van der Waals surface area contributed by atoms with Crippen LogP contribution in [0.3, 0.4) is 0 Å². The average molecular weight is 586 g/mol. The van der Waals surface area contributed by atoms with Gasteiger partial charge in [0.15, 0.2) is 0 Å². The van der Waals surface area contributed by atoms with E-state index in [1.54, 1.807) is 30.3 Å². The molecule has 0 saturated carbocycles. The summed E-state index contributed by atoms with van der Waals surface area (Å²) in [7, 11) is 0. The molecule has 0 spiro atoms. The van der Waals surface area contributed by atoms with Gasteiger partial charge < -0.3 is 42.7 Å². The smallest absolute Gasteiger partial charge is 0.326 e. The number of aliphatic carboxylic acids is 2. The van der Waals surface area contributed by atoms with E-state index in [2.05, 4.69) is 16.0 Å². The Morgan fingerprint density at radius 1 is 0.667 bits per heavy atom. The minimum atomic E-state index is -1.43. The van der Waals surface area contributed by atoms with Crippen LogP contribution in [-0.4, -0.2) is 75.1 Å². The number of nitrogens with two attached hydrogens (primary N) is 2. The molecule has 42 heavy (non-hydrogen) atoms. The first-order chi connectivity index (χ1) is 19.8. The van der Waals surface area contributed by atoms with Gasteiger partial charge in [-0.15, -0.1) is 0 Å². The summed E-state index contributed by atoms with van der Waals surface area (Å²) >= 11 is 0. The van der Waals surface area contributed by atoms with Crippen LogP contribution in [0.1, 0.15) is 36.8 Å². The van der Waals surface area contributed by atoms with E-state index in [-0.39, 0.29) is 37.9 Å². The second-order valence-electron chi connectivity index (χ2n) is 9.63. The summed E-state index contributed by atoms with van der Waals surface area (Å²) in [6.45, 7) is 0. The molecule has 10 N–H and O–H groups in total. The molecule has 0 aliphatic heterocycles. The highest BCUT2D eigenvalue weighted by atomic mass is 16.4. The summed E-state index contributed by atoms with van der Waals surface area (Å²) in [4.78, 5) is 73.4. The predicted octanol–water partition coefficient (Wildman–Crippen LogP) is -0.826. The maximum absolute atomic E-state index is 13.3. The standard InChI is InChI=1S/C28H35N5O9/c29-19(10-12-23(30)35)25(38)31-20(11-13-24(36)37)26(39)32-21(14-17-6-8-18(34)9-7-17)27(40)33-22(28(41)42)15-16-4-2-1-3-5-16/h1-9,19-22,34H,10-15,29H2,(H2,30,35)(H,31,38)(H,32,39)(H,33,40)(H,36,37)(H,41,42). The third-order valence-electron chi connectivity index (χ3n) is 6.22. The SMILES string of the molecule is NC(=O)CCC(N)C(=O)NC(CCC(=O)O)C(=O)NC(Cc1ccc(O)cc1)C(=O)NC(Cc1ccccc1)C(=O)O. The van der Waals surface area contributed by atoms with Crippen LogP contribution in [0.2, 0.25) is 0 Å². The molecule has 0 bridgehead atoms. The van der Waals surface area contributed by atoms with Crippen LogP contribution >= 0.6 is 0 Å². The molecule has 4 atom stereocenters. The fourth-order valence-electron chi connectivity index (χ4n) is 3.92. The van der Waals surface area contributed by atoms with Gasteiger partial charge in [0, 0.05) is 25.7 Å². The molecule has 2 aromatic rings. The van der Waals surface area contributed by atoms with Crippen LogP contribution < -0.4 is 27.4 Å². The molecule has 0 heterocycles. The number of aromatic hydroxyl groups is 1. The normalized spacial score (nSPS) is 13.5. The van der Waals surface area contributed by atoms with Crippen molar-refractivity contribution in [1.29, 1.82) is 0 Å². The van der Waals surface area contributed by atoms with Gasteiger partial charge in [0.05, 0.1) is 6.04 Å². The molecule has 2 aromatic carbocycles. The van der Waals surface area contributed by atoms with Crippen LogP contribution in [0.4, 0.5) is 0 Å². The second-order valence-corrected chi connectivity index (χ2v) is 9.63. The van der Waals surface area contributed by atoms with Crippen LogP contribution in [0.5, 0.6) is 5.75 Å². The van der Waals surface area contributed by atoms with E-state index < -0.39 is 66.2 Å². The molecule has 0 aromatic heterocycles. The summed E-state index contributed by atoms with van der Waals surface area (Å²) < 4.78 is 0. The van der Waals surface area contributed by atoms with Crippen molar-refractivity contribution >= 4 is 35.6 Å². The van der Waals surface area contributed by atoms with Gasteiger partial charge in [-0.05, 0) is 36.1 Å². The minimum Gasteiger partial charge on any atom is -0.508 e. The topological polar surface area (TPSA) is 251 Å². The lowest BCUT2D eigenvalue weighted by Gasteiger charge is -2.25. The molecule has 0 aliphatic carbocycles. The fourth-order valence-corrected chi connectivity index (χ4v) is 3.92. The molecule has 0 fully saturated rings. The van der Waals surface area contributed by atoms with Crippen molar-refractivity contribution in [3.8, 4) is 5.75 Å². The minimum absolute atomic E-state index is 0.0394. The molecule has 4 amide bonds. The lowest BCUT2D eigenvalue weighted by Crippen LogP contribution is -2.58. The maximum Gasteiger partial charge on any atom is 0.326 e. The van der Waals surface area contributed by atoms with Gasteiger partial charge in [-0.2, -0.15) is 0 Å². The molecule has 0 aliphatic rings. The zero-order chi connectivity index (χ0) is 31.2. The third-order valence-corrected chi connectivity index (χ3v) is 6.22. The number of carbonyl (C=O) groups is 6. The van der Waals surface area contributed by atoms with Gasteiger partial charge in [0.2, 0.25) is 23.6 Å². The van der Waals surface area contributed by atoms with Gasteiger partial charge in [-0.25, -0.2) is 4.79 Å². The van der Waals surface area contributed by atoms with Gasteiger partial charge in [-0.1, -0.05) is 42.5 Å². The van der Waals surface area contributed by atoms with E-state index >= 15 is 0 Å². The number of hydrogen-bond donors (Lipinski definition) is 8. The number of amides is 4. The number of carboxylic acids is 2. The highest BCUT2D eigenvalue weighted by Gasteiger charge is 2.31. The Hall–Kier alpha value is -4.98. The number of carbonyl (C=O) groups excluding carboxylic acids is 4. The van der Waals surface area contributed by atoms with Crippen LogP contribution in [0.25, 0.3) is 0 Å². The van der Waals surface area contributed by atoms with Crippen LogP contribution in [0.15, 0.2) is 54.6 Å². The predicted molar refractivity (Wildman–Crippen MR) is 149 cm³/mol. The third kappa shape index (κ3) is 11.6. The Morgan fingerprint density at radius 3 is 1.76 bits per heavy atom. The highest BCUT2D eigenvalue weighted by molar-refractivity contribution is 5.94. The van der Waals surface area contributed by atoms with Gasteiger partial charge in [-0.3, -0.25) is 24.0 Å². The van der Waals surface area contributed by atoms with E-state index in [9.17, 15) is 39.0 Å². The average Bonchev–Trinajstić information content (AvgIpc) is 2.94. The first-order valence-electron chi connectivity index (χ1n) is 13.1. The Morgan fingerprint density at radius 2 is 1.19 bits per heavy atom. The quantitative estimate of drug-likeness (QED) is 0.114. The van der Waals surface area contributed by atoms with Crippen molar-refractivity contribution in [2.24, 2.45) is 11.5 Å². The number of hydrogen-bond acceptors (Lipinski definition) is 8. The first kappa shape index (κ1) is 33.2. The second kappa shape index (κ2) is 16.3. The van der Waals surface area contributed by atoms with E-state index in [1.165, 1.54) is 24.3 Å². The highest BCUT2D eigenvalue weighted by Crippen LogP contribution is 2.13. The number of nitrogens with one attached hydrogen (secondary N) is 3. The molecule has 4 unspecified atom stereocenters. The Bertz CT molecular complexity index is 1250. The Kier molecular flexibility index (Phi) is 12.9. The largest absolute Gasteiger partial charge is 0.508 e. The van der Waals surface area contributed by atoms with Crippen molar-refractivity contribution < 1.29 is 44.1 Å². The number of benzene rings is 2. The summed E-state index contributed by atoms with van der Waals surface area (Å²) in [6.07, 6.45) is -1.34. The number of rotatable bonds is 17. The Labute approximate surface area is 241 Å². The maximum atomic E-state index is 13.3. The summed E-state index contributed by atoms with van der Waals surface area (Å²) in [5, 5.41) is 35.7. The van der Waals surface area contributed by atoms with E-state index in [0.29, 0.717) is 11.1 Å². The number of phenolic OH excluding ortho intramolecular Hbond substituents is 1. The Balaban J connectivity index is 2.27. The van der Waals surface area contributed by atoms with Crippen molar-refractivity contribution in [2.45, 2.75) is 62.7 Å². The van der Waals surface area contributed by atoms with Gasteiger partial charge >= 0.3 is 11.9 Å². The molecular weight excluding hydrogens is 550 g/mol. The lowest BCUT2D eigenvalue weighted by atomic mass is 10.0. The van der Waals surface area contributed by atoms with Crippen molar-refractivity contribution in [2.75, 3.05) is 0 Å². The summed E-state index contributed by atoms with van der Waals surface area (Å²) in [6, 6.07) is 8.97. The van der Waals surface area contributed by atoms with Crippen LogP contribution in [0, 0.1) is 0 Å². The van der Waals surface area contributed by atoms with Gasteiger partial charge in [0.25, 0.3) is 0 Å². The zero-order valence-electron chi connectivity index (χ0n) is 22.7. The van der Waals surface area contributed by atoms with Crippen molar-refractivity contribution in [3.63, 3.8) is 0 Å². The van der Waals surface area contributed by atoms with E-state index in [0.717, 1.165) is 0 Å². The lowest BCUT2D eigenvalue weighted by molar-refractivity contribution is -0.142. The summed E-state index contributed by atoms with van der Waals surface area (Å²) in [5.41, 5.74) is 12.0. The van der Waals surface area contributed by atoms with Crippen molar-refractivity contribution in [3.05, 3.63) is 65.7 Å². The first-order valence-corrected chi connectivity index (χ1v) is 13.1. The number of carboxylic acid groups (broad SMARTS) is 2. The van der Waals surface area contributed by atoms with E-state index in [4.69, 9.17) is 16.6 Å². The van der Waals surface area contributed by atoms with E-state index in [1.807, 2.05) is 0 Å². The fraction of sp³-hybridized carbons (Fsp3) is 0.357. The molecular formula is C28H35N5O9. The van der Waals surface area contributed by atoms with Crippen LogP contribution in [-0.2, 0) is 41.6 Å². The molecule has 226 valence electrons. The molecule has 2 rings (SSSR count). The molecule has 14 heteroatoms. The molecule has 0 saturated heterocycles. The monoisotopic (exact) mass is 585 g/mol. The molecule has 0 radical (unpaired) electrons. The number of phenols is 1. The van der Waals surface area contributed by atoms with Gasteiger partial charge in [0.1, 0.15) is 23.9 Å². The van der Waals surface area contributed by atoms with Crippen molar-refractivity contribution in [1.82, 2.24) is 16.0 Å². The zero-order valence-corrected chi connectivity index (χ0v) is 22.7. The number of primary amides is 1.